The Morgan fingerprint density at radius 1 is 1.26 bits per heavy atom. The van der Waals surface area contributed by atoms with Crippen LogP contribution in [0.15, 0.2) is 18.2 Å². The number of fused-ring (bicyclic) bond motifs is 5. The Morgan fingerprint density at radius 2 is 2.04 bits per heavy atom. The minimum absolute atomic E-state index is 0.0790. The van der Waals surface area contributed by atoms with Crippen LogP contribution in [0.4, 0.5) is 0 Å². The van der Waals surface area contributed by atoms with Crippen LogP contribution in [-0.4, -0.2) is 19.4 Å². The third kappa shape index (κ3) is 3.44. The molecule has 0 heterocycles. The minimum Gasteiger partial charge on any atom is -0.497 e. The van der Waals surface area contributed by atoms with Gasteiger partial charge in [0.2, 0.25) is 0 Å². The molecule has 1 aromatic carbocycles. The average molecular weight is 372 g/mol. The average Bonchev–Trinajstić information content (AvgIpc) is 2.97. The van der Waals surface area contributed by atoms with Crippen LogP contribution in [-0.2, 0) is 11.2 Å². The Hall–Kier alpha value is -1.35. The fourth-order valence-corrected chi connectivity index (χ4v) is 6.39. The van der Waals surface area contributed by atoms with E-state index in [0.717, 1.165) is 50.8 Å². The van der Waals surface area contributed by atoms with E-state index in [2.05, 4.69) is 25.1 Å². The van der Waals surface area contributed by atoms with Gasteiger partial charge in [-0.3, -0.25) is 4.79 Å². The monoisotopic (exact) mass is 371 g/mol. The number of hydrogen-bond acceptors (Lipinski definition) is 3. The van der Waals surface area contributed by atoms with Gasteiger partial charge in [-0.05, 0) is 92.0 Å². The molecular weight excluding hydrogens is 334 g/mol. The van der Waals surface area contributed by atoms with Gasteiger partial charge < -0.3 is 10.5 Å². The standard InChI is InChI=1S/C22H31NO2.C2H6/c1-22-10-9-18-17-8-6-16(25-2)12-14(17)5-7-19(18)21(22)15(4-3-11-23)13-20(22)24;1-2/h6,8,12,15,18-19,21H,3-5,7,9-11,13,23H2,1-2H3;1-2H3. The third-order valence-electron chi connectivity index (χ3n) is 7.56. The summed E-state index contributed by atoms with van der Waals surface area (Å²) in [5, 5.41) is 0. The first kappa shape index (κ1) is 20.4. The first-order valence-electron chi connectivity index (χ1n) is 11.0. The number of benzene rings is 1. The van der Waals surface area contributed by atoms with E-state index in [-0.39, 0.29) is 5.41 Å². The molecule has 3 aliphatic carbocycles. The van der Waals surface area contributed by atoms with Crippen molar-refractivity contribution in [2.24, 2.45) is 28.9 Å². The van der Waals surface area contributed by atoms with Crippen LogP contribution in [0, 0.1) is 23.2 Å². The SMILES string of the molecule is CC.COc1ccc2c(c1)CCC1C2CCC2(C)C(=O)CC(CCCN)C12. The molecule has 5 unspecified atom stereocenters. The molecule has 1 aromatic rings. The summed E-state index contributed by atoms with van der Waals surface area (Å²) in [5.74, 6) is 3.88. The molecule has 0 saturated heterocycles. The predicted octanol–water partition coefficient (Wildman–Crippen LogP) is 5.11. The lowest BCUT2D eigenvalue weighted by Crippen LogP contribution is -2.44. The van der Waals surface area contributed by atoms with Crippen molar-refractivity contribution in [1.82, 2.24) is 0 Å². The van der Waals surface area contributed by atoms with Gasteiger partial charge in [0.25, 0.3) is 0 Å². The van der Waals surface area contributed by atoms with Crippen molar-refractivity contribution in [1.29, 1.82) is 0 Å². The molecule has 4 rings (SSSR count). The first-order valence-corrected chi connectivity index (χ1v) is 11.0. The van der Waals surface area contributed by atoms with E-state index < -0.39 is 0 Å². The van der Waals surface area contributed by atoms with E-state index in [9.17, 15) is 4.79 Å². The summed E-state index contributed by atoms with van der Waals surface area (Å²) in [4.78, 5) is 12.9. The van der Waals surface area contributed by atoms with E-state index in [1.54, 1.807) is 7.11 Å². The lowest BCUT2D eigenvalue weighted by molar-refractivity contribution is -0.129. The highest BCUT2D eigenvalue weighted by Gasteiger charge is 2.58. The molecule has 2 fully saturated rings. The van der Waals surface area contributed by atoms with Gasteiger partial charge in [-0.2, -0.15) is 0 Å². The fraction of sp³-hybridized carbons (Fsp3) is 0.708. The second kappa shape index (κ2) is 8.34. The molecule has 2 N–H and O–H groups in total. The molecule has 0 spiro atoms. The summed E-state index contributed by atoms with van der Waals surface area (Å²) in [7, 11) is 1.74. The second-order valence-electron chi connectivity index (χ2n) is 8.67. The number of rotatable bonds is 4. The number of carbonyl (C=O) groups is 1. The summed E-state index contributed by atoms with van der Waals surface area (Å²) in [5.41, 5.74) is 8.68. The van der Waals surface area contributed by atoms with Gasteiger partial charge in [-0.25, -0.2) is 0 Å². The van der Waals surface area contributed by atoms with Crippen molar-refractivity contribution in [2.75, 3.05) is 13.7 Å². The molecule has 3 aliphatic rings. The van der Waals surface area contributed by atoms with Crippen molar-refractivity contribution in [3.05, 3.63) is 29.3 Å². The topological polar surface area (TPSA) is 52.3 Å². The van der Waals surface area contributed by atoms with E-state index in [1.807, 2.05) is 13.8 Å². The van der Waals surface area contributed by atoms with E-state index in [4.69, 9.17) is 10.5 Å². The number of aryl methyl sites for hydroxylation is 1. The number of methoxy groups -OCH3 is 1. The van der Waals surface area contributed by atoms with Crippen LogP contribution in [0.25, 0.3) is 0 Å². The van der Waals surface area contributed by atoms with Gasteiger partial charge >= 0.3 is 0 Å². The summed E-state index contributed by atoms with van der Waals surface area (Å²) >= 11 is 0. The maximum Gasteiger partial charge on any atom is 0.139 e. The minimum atomic E-state index is -0.0790. The molecule has 0 bridgehead atoms. The van der Waals surface area contributed by atoms with Crippen molar-refractivity contribution in [3.8, 4) is 5.75 Å². The Morgan fingerprint density at radius 3 is 2.74 bits per heavy atom. The largest absolute Gasteiger partial charge is 0.497 e. The molecule has 3 nitrogen and oxygen atoms in total. The number of ketones is 1. The normalized spacial score (nSPS) is 34.0. The summed E-state index contributed by atoms with van der Waals surface area (Å²) in [6, 6.07) is 6.63. The molecule has 5 atom stereocenters. The Labute approximate surface area is 165 Å². The molecule has 3 heteroatoms. The van der Waals surface area contributed by atoms with Crippen LogP contribution < -0.4 is 10.5 Å². The molecule has 0 aliphatic heterocycles. The highest BCUT2D eigenvalue weighted by atomic mass is 16.5. The van der Waals surface area contributed by atoms with Crippen molar-refractivity contribution >= 4 is 5.78 Å². The Balaban J connectivity index is 0.00000102. The van der Waals surface area contributed by atoms with Crippen LogP contribution in [0.3, 0.4) is 0 Å². The molecule has 150 valence electrons. The quantitative estimate of drug-likeness (QED) is 0.800. The lowest BCUT2D eigenvalue weighted by atomic mass is 9.54. The van der Waals surface area contributed by atoms with Gasteiger partial charge in [0, 0.05) is 11.8 Å². The van der Waals surface area contributed by atoms with Gasteiger partial charge in [0.05, 0.1) is 7.11 Å². The number of Topliss-reactive ketones (excluding diaryl/α,β-unsaturated/α-hetero) is 1. The third-order valence-corrected chi connectivity index (χ3v) is 7.56. The van der Waals surface area contributed by atoms with Crippen LogP contribution in [0.5, 0.6) is 5.75 Å². The first-order chi connectivity index (χ1) is 13.1. The second-order valence-corrected chi connectivity index (χ2v) is 8.67. The number of ether oxygens (including phenoxy) is 1. The van der Waals surface area contributed by atoms with Crippen molar-refractivity contribution < 1.29 is 9.53 Å². The fourth-order valence-electron chi connectivity index (χ4n) is 6.39. The highest BCUT2D eigenvalue weighted by Crippen LogP contribution is 2.62. The Kier molecular flexibility index (Phi) is 6.30. The van der Waals surface area contributed by atoms with Crippen molar-refractivity contribution in [3.63, 3.8) is 0 Å². The van der Waals surface area contributed by atoms with Gasteiger partial charge in [-0.15, -0.1) is 0 Å². The highest BCUT2D eigenvalue weighted by molar-refractivity contribution is 5.87. The predicted molar refractivity (Wildman–Crippen MR) is 111 cm³/mol. The van der Waals surface area contributed by atoms with Crippen LogP contribution >= 0.6 is 0 Å². The maximum absolute atomic E-state index is 12.9. The number of hydrogen-bond donors (Lipinski definition) is 1. The van der Waals surface area contributed by atoms with Crippen LogP contribution in [0.1, 0.15) is 76.3 Å². The number of nitrogens with two attached hydrogens (primary N) is 1. The van der Waals surface area contributed by atoms with Gasteiger partial charge in [-0.1, -0.05) is 26.8 Å². The zero-order chi connectivity index (χ0) is 19.6. The summed E-state index contributed by atoms with van der Waals surface area (Å²) < 4.78 is 5.42. The zero-order valence-electron chi connectivity index (χ0n) is 17.6. The maximum atomic E-state index is 12.9. The number of carbonyl (C=O) groups excluding carboxylic acids is 1. The smallest absolute Gasteiger partial charge is 0.139 e. The molecular formula is C24H37NO2. The molecule has 0 radical (unpaired) electrons. The van der Waals surface area contributed by atoms with Crippen LogP contribution in [0.2, 0.25) is 0 Å². The van der Waals surface area contributed by atoms with Gasteiger partial charge in [0.1, 0.15) is 11.5 Å². The molecule has 2 saturated carbocycles. The molecule has 0 aromatic heterocycles. The van der Waals surface area contributed by atoms with Gasteiger partial charge in [0.15, 0.2) is 0 Å². The summed E-state index contributed by atoms with van der Waals surface area (Å²) in [6.07, 6.45) is 7.53. The van der Waals surface area contributed by atoms with E-state index in [1.165, 1.54) is 17.5 Å². The molecule has 27 heavy (non-hydrogen) atoms. The van der Waals surface area contributed by atoms with E-state index in [0.29, 0.717) is 29.5 Å². The zero-order valence-corrected chi connectivity index (χ0v) is 17.6. The molecule has 0 amide bonds. The van der Waals surface area contributed by atoms with Crippen molar-refractivity contribution in [2.45, 2.75) is 71.6 Å². The summed E-state index contributed by atoms with van der Waals surface area (Å²) in [6.45, 7) is 7.01. The Bertz CT molecular complexity index is 670. The lowest BCUT2D eigenvalue weighted by Gasteiger charge is -2.50. The van der Waals surface area contributed by atoms with E-state index >= 15 is 0 Å².